The van der Waals surface area contributed by atoms with Gasteiger partial charge in [0.05, 0.1) is 10.6 Å². The molecule has 3 nitrogen and oxygen atoms in total. The molecule has 2 rings (SSSR count). The van der Waals surface area contributed by atoms with Gasteiger partial charge in [-0.2, -0.15) is 0 Å². The fraction of sp³-hybridized carbons (Fsp3) is 0.250. The number of para-hydroxylation sites is 1. The maximum Gasteiger partial charge on any atom is 0.264 e. The second-order valence-electron chi connectivity index (χ2n) is 4.71. The van der Waals surface area contributed by atoms with Crippen LogP contribution in [0.2, 0.25) is 0 Å². The third-order valence-corrected chi connectivity index (χ3v) is 5.00. The molecule has 0 aliphatic heterocycles. The molecule has 2 aromatic carbocycles. The Bertz CT molecular complexity index is 666. The lowest BCUT2D eigenvalue weighted by Gasteiger charge is -2.19. The first-order valence-electron chi connectivity index (χ1n) is 6.68. The predicted molar refractivity (Wildman–Crippen MR) is 82.5 cm³/mol. The molecule has 4 heteroatoms. The maximum absolute atomic E-state index is 12.6. The zero-order chi connectivity index (χ0) is 14.6. The highest BCUT2D eigenvalue weighted by molar-refractivity contribution is 7.92. The Kier molecular flexibility index (Phi) is 4.45. The molecule has 0 N–H and O–H groups in total. The van der Waals surface area contributed by atoms with E-state index >= 15 is 0 Å². The van der Waals surface area contributed by atoms with E-state index in [1.54, 1.807) is 37.4 Å². The first kappa shape index (κ1) is 14.6. The third kappa shape index (κ3) is 3.02. The lowest BCUT2D eigenvalue weighted by atomic mass is 10.1. The summed E-state index contributed by atoms with van der Waals surface area (Å²) < 4.78 is 26.5. The van der Waals surface area contributed by atoms with Gasteiger partial charge in [0.15, 0.2) is 0 Å². The summed E-state index contributed by atoms with van der Waals surface area (Å²) in [6.45, 7) is 2.08. The van der Waals surface area contributed by atoms with E-state index in [2.05, 4.69) is 6.92 Å². The molecule has 0 saturated carbocycles. The highest BCUT2D eigenvalue weighted by atomic mass is 32.2. The lowest BCUT2D eigenvalue weighted by Crippen LogP contribution is -2.26. The van der Waals surface area contributed by atoms with Crippen LogP contribution in [0.4, 0.5) is 5.69 Å². The number of benzene rings is 2. The molecule has 0 radical (unpaired) electrons. The van der Waals surface area contributed by atoms with E-state index in [0.29, 0.717) is 10.6 Å². The first-order valence-corrected chi connectivity index (χ1v) is 8.12. The largest absolute Gasteiger partial charge is 0.269 e. The van der Waals surface area contributed by atoms with Gasteiger partial charge in [0.1, 0.15) is 0 Å². The van der Waals surface area contributed by atoms with Crippen LogP contribution in [0.1, 0.15) is 18.9 Å². The van der Waals surface area contributed by atoms with Crippen LogP contribution >= 0.6 is 0 Å². The van der Waals surface area contributed by atoms with E-state index in [1.165, 1.54) is 4.31 Å². The maximum atomic E-state index is 12.6. The van der Waals surface area contributed by atoms with Crippen molar-refractivity contribution in [3.8, 4) is 0 Å². The third-order valence-electron chi connectivity index (χ3n) is 3.22. The predicted octanol–water partition coefficient (Wildman–Crippen LogP) is 3.46. The molecule has 0 atom stereocenters. The molecule has 106 valence electrons. The average molecular weight is 289 g/mol. The highest BCUT2D eigenvalue weighted by Gasteiger charge is 2.21. The fourth-order valence-electron chi connectivity index (χ4n) is 2.08. The van der Waals surface area contributed by atoms with Crippen LogP contribution in [0.25, 0.3) is 0 Å². The van der Waals surface area contributed by atoms with E-state index in [0.717, 1.165) is 18.4 Å². The second-order valence-corrected chi connectivity index (χ2v) is 6.67. The summed E-state index contributed by atoms with van der Waals surface area (Å²) in [6.07, 6.45) is 1.89. The van der Waals surface area contributed by atoms with Crippen LogP contribution < -0.4 is 4.31 Å². The zero-order valence-electron chi connectivity index (χ0n) is 11.8. The molecular weight excluding hydrogens is 270 g/mol. The van der Waals surface area contributed by atoms with Gasteiger partial charge < -0.3 is 0 Å². The molecule has 0 amide bonds. The number of aryl methyl sites for hydroxylation is 1. The SMILES string of the molecule is CCCc1cccc(S(=O)(=O)N(C)c2ccccc2)c1. The monoisotopic (exact) mass is 289 g/mol. The second kappa shape index (κ2) is 6.09. The zero-order valence-corrected chi connectivity index (χ0v) is 12.6. The van der Waals surface area contributed by atoms with Crippen molar-refractivity contribution < 1.29 is 8.42 Å². The van der Waals surface area contributed by atoms with Gasteiger partial charge in [-0.3, -0.25) is 4.31 Å². The Morgan fingerprint density at radius 1 is 1.00 bits per heavy atom. The molecule has 0 heterocycles. The van der Waals surface area contributed by atoms with Crippen molar-refractivity contribution in [3.63, 3.8) is 0 Å². The Hall–Kier alpha value is -1.81. The van der Waals surface area contributed by atoms with Crippen molar-refractivity contribution >= 4 is 15.7 Å². The van der Waals surface area contributed by atoms with Crippen LogP contribution in [-0.4, -0.2) is 15.5 Å². The molecular formula is C16H19NO2S. The normalized spacial score (nSPS) is 11.3. The summed E-state index contributed by atoms with van der Waals surface area (Å²) in [4.78, 5) is 0.342. The number of hydrogen-bond acceptors (Lipinski definition) is 2. The Labute approximate surface area is 120 Å². The van der Waals surface area contributed by atoms with Crippen LogP contribution in [0.5, 0.6) is 0 Å². The highest BCUT2D eigenvalue weighted by Crippen LogP contribution is 2.22. The fourth-order valence-corrected chi connectivity index (χ4v) is 3.35. The van der Waals surface area contributed by atoms with Crippen LogP contribution in [-0.2, 0) is 16.4 Å². The molecule has 0 fully saturated rings. The molecule has 0 saturated heterocycles. The number of sulfonamides is 1. The molecule has 0 aliphatic carbocycles. The van der Waals surface area contributed by atoms with Gasteiger partial charge in [0.25, 0.3) is 10.0 Å². The summed E-state index contributed by atoms with van der Waals surface area (Å²) in [7, 11) is -1.92. The molecule has 0 aliphatic rings. The van der Waals surface area contributed by atoms with E-state index < -0.39 is 10.0 Å². The molecule has 0 spiro atoms. The van der Waals surface area contributed by atoms with Crippen LogP contribution in [0, 0.1) is 0 Å². The van der Waals surface area contributed by atoms with Crippen molar-refractivity contribution in [2.45, 2.75) is 24.7 Å². The minimum atomic E-state index is -3.50. The number of anilines is 1. The smallest absolute Gasteiger partial charge is 0.264 e. The van der Waals surface area contributed by atoms with Crippen LogP contribution in [0.3, 0.4) is 0 Å². The molecule has 2 aromatic rings. The Balaban J connectivity index is 2.37. The summed E-state index contributed by atoms with van der Waals surface area (Å²) in [5.74, 6) is 0. The number of nitrogens with zero attached hydrogens (tertiary/aromatic N) is 1. The Morgan fingerprint density at radius 3 is 2.35 bits per heavy atom. The molecule has 0 aromatic heterocycles. The summed E-state index contributed by atoms with van der Waals surface area (Å²) in [5.41, 5.74) is 1.71. The Morgan fingerprint density at radius 2 is 1.70 bits per heavy atom. The number of hydrogen-bond donors (Lipinski definition) is 0. The van der Waals surface area contributed by atoms with Crippen molar-refractivity contribution in [2.75, 3.05) is 11.4 Å². The average Bonchev–Trinajstić information content (AvgIpc) is 2.48. The van der Waals surface area contributed by atoms with Gasteiger partial charge in [0.2, 0.25) is 0 Å². The van der Waals surface area contributed by atoms with Gasteiger partial charge in [-0.05, 0) is 36.2 Å². The standard InChI is InChI=1S/C16H19NO2S/c1-3-8-14-9-7-12-16(13-14)20(18,19)17(2)15-10-5-4-6-11-15/h4-7,9-13H,3,8H2,1-2H3. The quantitative estimate of drug-likeness (QED) is 0.845. The molecule has 0 unspecified atom stereocenters. The molecule has 0 bridgehead atoms. The van der Waals surface area contributed by atoms with Crippen molar-refractivity contribution in [3.05, 3.63) is 60.2 Å². The van der Waals surface area contributed by atoms with Gasteiger partial charge in [-0.15, -0.1) is 0 Å². The van der Waals surface area contributed by atoms with Gasteiger partial charge >= 0.3 is 0 Å². The van der Waals surface area contributed by atoms with Crippen molar-refractivity contribution in [1.29, 1.82) is 0 Å². The van der Waals surface area contributed by atoms with Gasteiger partial charge in [-0.1, -0.05) is 43.7 Å². The first-order chi connectivity index (χ1) is 9.55. The molecule has 20 heavy (non-hydrogen) atoms. The lowest BCUT2D eigenvalue weighted by molar-refractivity contribution is 0.594. The van der Waals surface area contributed by atoms with E-state index in [-0.39, 0.29) is 0 Å². The van der Waals surface area contributed by atoms with Gasteiger partial charge in [0, 0.05) is 7.05 Å². The van der Waals surface area contributed by atoms with Crippen molar-refractivity contribution in [1.82, 2.24) is 0 Å². The minimum absolute atomic E-state index is 0.342. The summed E-state index contributed by atoms with van der Waals surface area (Å²) >= 11 is 0. The summed E-state index contributed by atoms with van der Waals surface area (Å²) in [5, 5.41) is 0. The topological polar surface area (TPSA) is 37.4 Å². The van der Waals surface area contributed by atoms with Crippen molar-refractivity contribution in [2.24, 2.45) is 0 Å². The van der Waals surface area contributed by atoms with E-state index in [1.807, 2.05) is 24.3 Å². The minimum Gasteiger partial charge on any atom is -0.269 e. The number of rotatable bonds is 5. The van der Waals surface area contributed by atoms with E-state index in [9.17, 15) is 8.42 Å². The summed E-state index contributed by atoms with van der Waals surface area (Å²) in [6, 6.07) is 16.3. The van der Waals surface area contributed by atoms with Crippen LogP contribution in [0.15, 0.2) is 59.5 Å². The van der Waals surface area contributed by atoms with Gasteiger partial charge in [-0.25, -0.2) is 8.42 Å². The van der Waals surface area contributed by atoms with E-state index in [4.69, 9.17) is 0 Å².